The zero-order valence-electron chi connectivity index (χ0n) is 2.56. The largest absolute Gasteiger partial charge is 0.412 e. The van der Waals surface area contributed by atoms with Gasteiger partial charge in [-0.15, -0.1) is 0 Å². The van der Waals surface area contributed by atoms with E-state index in [1.54, 1.807) is 0 Å². The zero-order valence-corrected chi connectivity index (χ0v) is 2.56. The van der Waals surface area contributed by atoms with Crippen molar-refractivity contribution >= 4 is 6.03 Å². The minimum Gasteiger partial charge on any atom is -0.412 e. The molecule has 0 aromatic heterocycles. The van der Waals surface area contributed by atoms with Gasteiger partial charge in [0.25, 0.3) is 0 Å². The van der Waals surface area contributed by atoms with Crippen molar-refractivity contribution in [1.82, 2.24) is 0 Å². The summed E-state index contributed by atoms with van der Waals surface area (Å²) in [5.41, 5.74) is 8.50. The lowest BCUT2D eigenvalue weighted by molar-refractivity contribution is 0.256. The van der Waals surface area contributed by atoms with Crippen LogP contribution in [-0.2, 0) is 0 Å². The summed E-state index contributed by atoms with van der Waals surface area (Å²) >= 11 is 0. The fraction of sp³-hybridized carbons (Fsp3) is 0.667. The van der Waals surface area contributed by atoms with E-state index in [1.807, 2.05) is 0 Å². The lowest BCUT2D eigenvalue weighted by Crippen LogP contribution is -2.18. The third-order valence-corrected chi connectivity index (χ3v) is 0. The molecule has 0 aliphatic rings. The monoisotopic (exact) mass is 110 g/mol. The Bertz CT molecular complexity index is 33.9. The smallest absolute Gasteiger partial charge is 0.309 e. The number of rotatable bonds is 0. The highest BCUT2D eigenvalue weighted by atomic mass is 16.2. The third kappa shape index (κ3) is 92.0. The average Bonchev–Trinajstić information content (AvgIpc) is 0.811. The summed E-state index contributed by atoms with van der Waals surface area (Å²) in [5.74, 6) is 0. The third-order valence-electron chi connectivity index (χ3n) is 0. The number of hydrogen-bond acceptors (Lipinski definition) is 1. The maximum Gasteiger partial charge on any atom is 0.309 e. The molecule has 0 aliphatic carbocycles. The van der Waals surface area contributed by atoms with Crippen LogP contribution in [0.4, 0.5) is 4.79 Å². The van der Waals surface area contributed by atoms with E-state index in [0.29, 0.717) is 0 Å². The minimum absolute atomic E-state index is 0. The second-order valence-corrected chi connectivity index (χ2v) is 0.402. The van der Waals surface area contributed by atoms with Crippen LogP contribution in [0.5, 0.6) is 0 Å². The van der Waals surface area contributed by atoms with Gasteiger partial charge in [-0.1, -0.05) is 14.9 Å². The van der Waals surface area contributed by atoms with Gasteiger partial charge in [-0.3, -0.25) is 0 Å². The minimum atomic E-state index is -0.833. The average molecular weight is 110 g/mol. The summed E-state index contributed by atoms with van der Waals surface area (Å²) in [4.78, 5) is 9.00. The molecule has 6 N–H and O–H groups in total. The molecule has 0 saturated heterocycles. The number of nitrogens with two attached hydrogens (primary N) is 2. The van der Waals surface area contributed by atoms with Gasteiger partial charge >= 0.3 is 6.03 Å². The molecule has 48 valence electrons. The molecule has 4 heteroatoms. The SMILES string of the molecule is C.C.NC(N)=O.O. The first-order valence-corrected chi connectivity index (χ1v) is 0.781. The van der Waals surface area contributed by atoms with Crippen LogP contribution in [0.1, 0.15) is 14.9 Å². The highest BCUT2D eigenvalue weighted by molar-refractivity contribution is 5.69. The van der Waals surface area contributed by atoms with E-state index in [1.165, 1.54) is 0 Å². The maximum atomic E-state index is 9.00. The Morgan fingerprint density at radius 3 is 1.14 bits per heavy atom. The predicted molar refractivity (Wildman–Crippen MR) is 30.8 cm³/mol. The Morgan fingerprint density at radius 1 is 1.14 bits per heavy atom. The summed E-state index contributed by atoms with van der Waals surface area (Å²) in [6.07, 6.45) is 0. The van der Waals surface area contributed by atoms with Crippen molar-refractivity contribution in [2.45, 2.75) is 14.9 Å². The molecule has 0 fully saturated rings. The van der Waals surface area contributed by atoms with E-state index >= 15 is 0 Å². The quantitative estimate of drug-likeness (QED) is 0.430. The molecule has 0 aromatic carbocycles. The number of carbonyl (C=O) groups excluding carboxylic acids is 1. The molecule has 0 aromatic rings. The molecular weight excluding hydrogens is 96.0 g/mol. The first kappa shape index (κ1) is 34.3. The van der Waals surface area contributed by atoms with Gasteiger partial charge in [0.15, 0.2) is 0 Å². The molecule has 0 unspecified atom stereocenters. The number of hydrogen-bond donors (Lipinski definition) is 2. The van der Waals surface area contributed by atoms with Crippen molar-refractivity contribution in [2.24, 2.45) is 11.5 Å². The molecule has 7 heavy (non-hydrogen) atoms. The molecule has 4 nitrogen and oxygen atoms in total. The van der Waals surface area contributed by atoms with Crippen LogP contribution in [-0.4, -0.2) is 11.5 Å². The Labute approximate surface area is 43.8 Å². The summed E-state index contributed by atoms with van der Waals surface area (Å²) in [6.45, 7) is 0. The molecule has 0 radical (unpaired) electrons. The highest BCUT2D eigenvalue weighted by Crippen LogP contribution is 1.25. The van der Waals surface area contributed by atoms with Gasteiger partial charge in [0.1, 0.15) is 0 Å². The molecule has 2 amide bonds. The Kier molecular flexibility index (Phi) is 92.1. The van der Waals surface area contributed by atoms with Crippen LogP contribution in [0.2, 0.25) is 0 Å². The predicted octanol–water partition coefficient (Wildman–Crippen LogP) is -0.529. The summed E-state index contributed by atoms with van der Waals surface area (Å²) in [7, 11) is 0. The van der Waals surface area contributed by atoms with E-state index in [9.17, 15) is 0 Å². The lowest BCUT2D eigenvalue weighted by Gasteiger charge is -1.62. The van der Waals surface area contributed by atoms with Gasteiger partial charge in [-0.25, -0.2) is 4.79 Å². The van der Waals surface area contributed by atoms with E-state index in [-0.39, 0.29) is 20.3 Å². The highest BCUT2D eigenvalue weighted by Gasteiger charge is 1.60. The van der Waals surface area contributed by atoms with Crippen molar-refractivity contribution in [3.8, 4) is 0 Å². The number of urea groups is 1. The van der Waals surface area contributed by atoms with Gasteiger partial charge in [0, 0.05) is 0 Å². The summed E-state index contributed by atoms with van der Waals surface area (Å²) < 4.78 is 0. The standard InChI is InChI=1S/CH4N2O.2CH4.H2O/c2-1(3)4;;;/h(H4,2,3,4);2*1H4;1H2. The fourth-order valence-electron chi connectivity index (χ4n) is 0. The number of amides is 2. The van der Waals surface area contributed by atoms with Gasteiger partial charge in [0.05, 0.1) is 0 Å². The van der Waals surface area contributed by atoms with Gasteiger partial charge in [-0.05, 0) is 0 Å². The summed E-state index contributed by atoms with van der Waals surface area (Å²) in [6, 6.07) is -0.833. The molecule has 0 aliphatic heterocycles. The van der Waals surface area contributed by atoms with E-state index in [0.717, 1.165) is 0 Å². The van der Waals surface area contributed by atoms with E-state index in [4.69, 9.17) is 4.79 Å². The van der Waals surface area contributed by atoms with Crippen LogP contribution in [0.25, 0.3) is 0 Å². The topological polar surface area (TPSA) is 101 Å². The maximum absolute atomic E-state index is 9.00. The Balaban J connectivity index is -0.0000000150. The molecule has 0 heterocycles. The van der Waals surface area contributed by atoms with Gasteiger partial charge in [0.2, 0.25) is 0 Å². The second kappa shape index (κ2) is 18.8. The lowest BCUT2D eigenvalue weighted by atomic mass is 11.2. The molecule has 0 saturated carbocycles. The van der Waals surface area contributed by atoms with Crippen molar-refractivity contribution in [3.63, 3.8) is 0 Å². The van der Waals surface area contributed by atoms with Crippen molar-refractivity contribution in [3.05, 3.63) is 0 Å². The van der Waals surface area contributed by atoms with Crippen molar-refractivity contribution in [1.29, 1.82) is 0 Å². The van der Waals surface area contributed by atoms with Crippen LogP contribution >= 0.6 is 0 Å². The normalized spacial score (nSPS) is 3.43. The molecule has 0 atom stereocenters. The molecule has 0 rings (SSSR count). The van der Waals surface area contributed by atoms with Crippen LogP contribution in [0, 0.1) is 0 Å². The summed E-state index contributed by atoms with van der Waals surface area (Å²) in [5, 5.41) is 0. The fourth-order valence-corrected chi connectivity index (χ4v) is 0. The molecule has 0 spiro atoms. The first-order chi connectivity index (χ1) is 1.73. The van der Waals surface area contributed by atoms with Crippen molar-refractivity contribution < 1.29 is 10.3 Å². The van der Waals surface area contributed by atoms with E-state index < -0.39 is 6.03 Å². The van der Waals surface area contributed by atoms with Gasteiger partial charge < -0.3 is 16.9 Å². The van der Waals surface area contributed by atoms with Crippen LogP contribution < -0.4 is 11.5 Å². The molecular formula is C3H14N2O2. The second-order valence-electron chi connectivity index (χ2n) is 0.402. The van der Waals surface area contributed by atoms with Crippen LogP contribution in [0.3, 0.4) is 0 Å². The van der Waals surface area contributed by atoms with Crippen LogP contribution in [0.15, 0.2) is 0 Å². The van der Waals surface area contributed by atoms with Crippen molar-refractivity contribution in [2.75, 3.05) is 0 Å². The van der Waals surface area contributed by atoms with E-state index in [2.05, 4.69) is 11.5 Å². The Morgan fingerprint density at radius 2 is 1.14 bits per heavy atom. The number of primary amides is 2. The first-order valence-electron chi connectivity index (χ1n) is 0.781. The van der Waals surface area contributed by atoms with Gasteiger partial charge in [-0.2, -0.15) is 0 Å². The number of carbonyl (C=O) groups is 1. The zero-order chi connectivity index (χ0) is 3.58. The molecule has 0 bridgehead atoms. The Hall–Kier alpha value is -0.770.